The van der Waals surface area contributed by atoms with E-state index in [0.29, 0.717) is 39.4 Å². The molecular formula is C37H40FN3O6. The van der Waals surface area contributed by atoms with Crippen molar-refractivity contribution in [3.05, 3.63) is 82.9 Å². The number of hydrogen-bond acceptors (Lipinski definition) is 8. The highest BCUT2D eigenvalue weighted by Gasteiger charge is 2.46. The van der Waals surface area contributed by atoms with Crippen LogP contribution in [0.3, 0.4) is 0 Å². The number of rotatable bonds is 11. The predicted molar refractivity (Wildman–Crippen MR) is 175 cm³/mol. The van der Waals surface area contributed by atoms with E-state index in [4.69, 9.17) is 14.5 Å². The van der Waals surface area contributed by atoms with Crippen molar-refractivity contribution in [2.24, 2.45) is 0 Å². The number of carbonyl (C=O) groups is 2. The smallest absolute Gasteiger partial charge is 0.234 e. The van der Waals surface area contributed by atoms with Crippen molar-refractivity contribution in [3.63, 3.8) is 0 Å². The molecule has 2 aromatic heterocycles. The first-order valence-electron chi connectivity index (χ1n) is 15.9. The monoisotopic (exact) mass is 641 g/mol. The Morgan fingerprint density at radius 3 is 2.47 bits per heavy atom. The third-order valence-electron chi connectivity index (χ3n) is 8.80. The quantitative estimate of drug-likeness (QED) is 0.178. The highest BCUT2D eigenvalue weighted by molar-refractivity contribution is 6.01. The van der Waals surface area contributed by atoms with Gasteiger partial charge in [0.25, 0.3) is 0 Å². The maximum absolute atomic E-state index is 13.9. The van der Waals surface area contributed by atoms with Crippen molar-refractivity contribution < 1.29 is 33.7 Å². The third kappa shape index (κ3) is 6.84. The molecule has 1 aliphatic carbocycles. The van der Waals surface area contributed by atoms with E-state index in [-0.39, 0.29) is 49.5 Å². The molecule has 6 rings (SSSR count). The Bertz CT molecular complexity index is 1860. The number of ether oxygens (including phenoxy) is 2. The zero-order valence-corrected chi connectivity index (χ0v) is 27.3. The van der Waals surface area contributed by atoms with Gasteiger partial charge in [0.15, 0.2) is 5.78 Å². The fraction of sp³-hybridized carbons (Fsp3) is 0.405. The molecule has 1 fully saturated rings. The number of carbonyl (C=O) groups excluding carboxylic acids is 2. The summed E-state index contributed by atoms with van der Waals surface area (Å²) in [6, 6.07) is 14.7. The summed E-state index contributed by atoms with van der Waals surface area (Å²) in [5, 5.41) is 25.7. The summed E-state index contributed by atoms with van der Waals surface area (Å²) in [6.45, 7) is 8.44. The van der Waals surface area contributed by atoms with E-state index in [1.54, 1.807) is 58.0 Å². The summed E-state index contributed by atoms with van der Waals surface area (Å²) in [6.07, 6.45) is 2.09. The van der Waals surface area contributed by atoms with Crippen molar-refractivity contribution in [2.75, 3.05) is 13.2 Å². The van der Waals surface area contributed by atoms with Crippen molar-refractivity contribution in [1.82, 2.24) is 15.3 Å². The molecule has 0 bridgehead atoms. The molecule has 2 aromatic carbocycles. The Morgan fingerprint density at radius 1 is 1.06 bits per heavy atom. The maximum Gasteiger partial charge on any atom is 0.234 e. The number of ketones is 1. The number of benzene rings is 2. The normalized spacial score (nSPS) is 18.7. The van der Waals surface area contributed by atoms with Crippen LogP contribution in [0.1, 0.15) is 80.7 Å². The maximum atomic E-state index is 13.9. The first-order valence-corrected chi connectivity index (χ1v) is 15.9. The summed E-state index contributed by atoms with van der Waals surface area (Å²) in [7, 11) is 0. The zero-order valence-electron chi connectivity index (χ0n) is 27.3. The minimum atomic E-state index is -1.59. The van der Waals surface area contributed by atoms with Gasteiger partial charge in [-0.25, -0.2) is 14.4 Å². The molecule has 4 aromatic rings. The van der Waals surface area contributed by atoms with Crippen LogP contribution in [0.4, 0.5) is 4.39 Å². The second-order valence-electron chi connectivity index (χ2n) is 13.9. The van der Waals surface area contributed by atoms with Crippen LogP contribution in [0.25, 0.3) is 22.2 Å². The standard InChI is InChI=1S/C37H40FN3O6/c1-21-6-7-23-16-24(17-29(31(23)40-21)47-26-12-13-26)28(42)14-15-37(5,45)30-18-27-33(32(41-30)22-8-10-25(38)11-9-22)46-20-36(27,4)34(43)39-19-35(2,3)44/h6-11,16-18,26,44-45H,12-15,19-20H2,1-5H3,(H,39,43)/t36-,37-/m0/s1. The number of aryl methyl sites for hydroxylation is 1. The number of amides is 1. The van der Waals surface area contributed by atoms with Crippen LogP contribution < -0.4 is 14.8 Å². The number of aliphatic hydroxyl groups is 2. The van der Waals surface area contributed by atoms with E-state index in [2.05, 4.69) is 10.3 Å². The van der Waals surface area contributed by atoms with Crippen LogP contribution in [0.2, 0.25) is 0 Å². The van der Waals surface area contributed by atoms with Gasteiger partial charge in [-0.1, -0.05) is 6.07 Å². The van der Waals surface area contributed by atoms with E-state index in [9.17, 15) is 24.2 Å². The Morgan fingerprint density at radius 2 is 1.79 bits per heavy atom. The second kappa shape index (κ2) is 12.0. The molecule has 2 atom stereocenters. The van der Waals surface area contributed by atoms with E-state index in [0.717, 1.165) is 23.9 Å². The Kier molecular flexibility index (Phi) is 8.30. The molecule has 1 saturated carbocycles. The molecule has 47 heavy (non-hydrogen) atoms. The predicted octanol–water partition coefficient (Wildman–Crippen LogP) is 5.69. The summed E-state index contributed by atoms with van der Waals surface area (Å²) in [5.41, 5.74) is -0.218. The first-order chi connectivity index (χ1) is 22.1. The number of pyridine rings is 2. The van der Waals surface area contributed by atoms with Crippen LogP contribution in [0.15, 0.2) is 54.6 Å². The number of aromatic nitrogens is 2. The molecule has 0 spiro atoms. The van der Waals surface area contributed by atoms with Crippen molar-refractivity contribution >= 4 is 22.6 Å². The average Bonchev–Trinajstić information content (AvgIpc) is 3.78. The Hall–Kier alpha value is -4.41. The molecule has 3 heterocycles. The number of Topliss-reactive ketones (excluding diaryl/α,β-unsaturated/α-hetero) is 1. The van der Waals surface area contributed by atoms with Crippen LogP contribution in [-0.4, -0.2) is 56.7 Å². The SMILES string of the molecule is Cc1ccc2cc(C(=O)CC[C@](C)(O)c3cc4c(c(-c5ccc(F)cc5)n3)OC[C@]4(C)C(=O)NCC(C)(C)O)cc(OC3CC3)c2n1. The van der Waals surface area contributed by atoms with Crippen molar-refractivity contribution in [3.8, 4) is 22.8 Å². The Labute approximate surface area is 273 Å². The topological polar surface area (TPSA) is 131 Å². The second-order valence-corrected chi connectivity index (χ2v) is 13.9. The lowest BCUT2D eigenvalue weighted by atomic mass is 9.81. The van der Waals surface area contributed by atoms with Gasteiger partial charge in [-0.05, 0) is 102 Å². The van der Waals surface area contributed by atoms with Gasteiger partial charge in [-0.15, -0.1) is 0 Å². The van der Waals surface area contributed by atoms with Gasteiger partial charge in [0.2, 0.25) is 5.91 Å². The lowest BCUT2D eigenvalue weighted by Gasteiger charge is -2.27. The molecule has 2 aliphatic rings. The molecule has 246 valence electrons. The van der Waals surface area contributed by atoms with Crippen molar-refractivity contribution in [1.29, 1.82) is 0 Å². The summed E-state index contributed by atoms with van der Waals surface area (Å²) < 4.78 is 26.0. The number of nitrogens with zero attached hydrogens (tertiary/aromatic N) is 2. The fourth-order valence-electron chi connectivity index (χ4n) is 5.69. The highest BCUT2D eigenvalue weighted by Crippen LogP contribution is 2.46. The third-order valence-corrected chi connectivity index (χ3v) is 8.80. The molecular weight excluding hydrogens is 601 g/mol. The molecule has 1 amide bonds. The van der Waals surface area contributed by atoms with Gasteiger partial charge in [-0.2, -0.15) is 0 Å². The van der Waals surface area contributed by atoms with E-state index in [1.807, 2.05) is 19.1 Å². The lowest BCUT2D eigenvalue weighted by Crippen LogP contribution is -2.48. The number of hydrogen-bond donors (Lipinski definition) is 3. The molecule has 10 heteroatoms. The van der Waals surface area contributed by atoms with Crippen LogP contribution in [0.5, 0.6) is 11.5 Å². The minimum absolute atomic E-state index is 0.00157. The van der Waals surface area contributed by atoms with Gasteiger partial charge in [-0.3, -0.25) is 9.59 Å². The molecule has 9 nitrogen and oxygen atoms in total. The van der Waals surface area contributed by atoms with Gasteiger partial charge in [0.1, 0.15) is 46.1 Å². The average molecular weight is 642 g/mol. The molecule has 3 N–H and O–H groups in total. The van der Waals surface area contributed by atoms with Crippen LogP contribution in [0, 0.1) is 12.7 Å². The fourth-order valence-corrected chi connectivity index (χ4v) is 5.69. The number of nitrogens with one attached hydrogen (secondary N) is 1. The molecule has 0 radical (unpaired) electrons. The van der Waals surface area contributed by atoms with Gasteiger partial charge >= 0.3 is 0 Å². The molecule has 0 saturated heterocycles. The van der Waals surface area contributed by atoms with Crippen LogP contribution >= 0.6 is 0 Å². The number of fused-ring (bicyclic) bond motifs is 2. The summed E-state index contributed by atoms with van der Waals surface area (Å²) in [5.74, 6) is -0.0197. The van der Waals surface area contributed by atoms with Gasteiger partial charge in [0, 0.05) is 40.7 Å². The van der Waals surface area contributed by atoms with E-state index < -0.39 is 22.4 Å². The zero-order chi connectivity index (χ0) is 33.7. The van der Waals surface area contributed by atoms with Crippen LogP contribution in [-0.2, 0) is 15.8 Å². The largest absolute Gasteiger partial charge is 0.489 e. The summed E-state index contributed by atoms with van der Waals surface area (Å²) >= 11 is 0. The number of halogens is 1. The lowest BCUT2D eigenvalue weighted by molar-refractivity contribution is -0.127. The summed E-state index contributed by atoms with van der Waals surface area (Å²) in [4.78, 5) is 36.5. The molecule has 1 aliphatic heterocycles. The van der Waals surface area contributed by atoms with E-state index >= 15 is 0 Å². The first kappa shape index (κ1) is 32.5. The van der Waals surface area contributed by atoms with E-state index in [1.165, 1.54) is 12.1 Å². The highest BCUT2D eigenvalue weighted by atomic mass is 19.1. The molecule has 0 unspecified atom stereocenters. The van der Waals surface area contributed by atoms with Gasteiger partial charge < -0.3 is 25.0 Å². The Balaban J connectivity index is 1.32. The minimum Gasteiger partial charge on any atom is -0.489 e. The van der Waals surface area contributed by atoms with Crippen molar-refractivity contribution in [2.45, 2.75) is 83.0 Å². The van der Waals surface area contributed by atoms with Gasteiger partial charge in [0.05, 0.1) is 17.4 Å².